The minimum absolute atomic E-state index is 0.814. The molecule has 0 aromatic heterocycles. The lowest BCUT2D eigenvalue weighted by Crippen LogP contribution is -2.40. The van der Waals surface area contributed by atoms with Crippen LogP contribution in [0.25, 0.3) is 0 Å². The second kappa shape index (κ2) is 8.74. The van der Waals surface area contributed by atoms with Crippen molar-refractivity contribution >= 4 is 0 Å². The van der Waals surface area contributed by atoms with Crippen LogP contribution in [0.3, 0.4) is 0 Å². The Labute approximate surface area is 99.8 Å². The first-order chi connectivity index (χ1) is 7.86. The number of rotatable bonds is 7. The van der Waals surface area contributed by atoms with Crippen molar-refractivity contribution in [1.29, 1.82) is 0 Å². The summed E-state index contributed by atoms with van der Waals surface area (Å²) in [5.74, 6) is 0.816. The lowest BCUT2D eigenvalue weighted by atomic mass is 9.98. The summed E-state index contributed by atoms with van der Waals surface area (Å²) in [5.41, 5.74) is 0. The molecule has 3 heteroatoms. The van der Waals surface area contributed by atoms with E-state index in [0.29, 0.717) is 0 Å². The maximum Gasteiger partial charge on any atom is 0.0587 e. The topological polar surface area (TPSA) is 24.5 Å². The minimum Gasteiger partial charge on any atom is -0.383 e. The van der Waals surface area contributed by atoms with Crippen molar-refractivity contribution in [3.05, 3.63) is 12.2 Å². The monoisotopic (exact) mass is 226 g/mol. The first-order valence-corrected chi connectivity index (χ1v) is 6.40. The van der Waals surface area contributed by atoms with Crippen LogP contribution in [0.1, 0.15) is 19.8 Å². The van der Waals surface area contributed by atoms with Gasteiger partial charge in [-0.25, -0.2) is 0 Å². The standard InChI is InChI=1S/C13H26N2O/c1-3-4-8-15-9-5-6-13(12-15)11-14-7-10-16-2/h3-4,13-14H,5-12H2,1-2H3. The predicted molar refractivity (Wildman–Crippen MR) is 68.7 cm³/mol. The highest BCUT2D eigenvalue weighted by atomic mass is 16.5. The Morgan fingerprint density at radius 2 is 2.38 bits per heavy atom. The fourth-order valence-corrected chi connectivity index (χ4v) is 2.22. The molecule has 0 bridgehead atoms. The molecule has 1 unspecified atom stereocenters. The van der Waals surface area contributed by atoms with Crippen molar-refractivity contribution in [2.75, 3.05) is 46.4 Å². The molecule has 1 aliphatic rings. The molecule has 1 fully saturated rings. The van der Waals surface area contributed by atoms with Gasteiger partial charge >= 0.3 is 0 Å². The molecule has 0 aromatic carbocycles. The molecule has 1 saturated heterocycles. The van der Waals surface area contributed by atoms with Crippen LogP contribution in [-0.2, 0) is 4.74 Å². The molecule has 0 aliphatic carbocycles. The summed E-state index contributed by atoms with van der Waals surface area (Å²) in [7, 11) is 1.75. The second-order valence-electron chi connectivity index (χ2n) is 4.53. The molecule has 94 valence electrons. The molecule has 1 atom stereocenters. The number of hydrogen-bond acceptors (Lipinski definition) is 3. The highest BCUT2D eigenvalue weighted by Crippen LogP contribution is 2.15. The van der Waals surface area contributed by atoms with E-state index in [1.165, 1.54) is 25.9 Å². The zero-order chi connectivity index (χ0) is 11.6. The summed E-state index contributed by atoms with van der Waals surface area (Å²) in [6, 6.07) is 0. The Balaban J connectivity index is 2.12. The van der Waals surface area contributed by atoms with Gasteiger partial charge in [-0.2, -0.15) is 0 Å². The molecular weight excluding hydrogens is 200 g/mol. The van der Waals surface area contributed by atoms with Crippen molar-refractivity contribution in [3.63, 3.8) is 0 Å². The van der Waals surface area contributed by atoms with Crippen LogP contribution in [0, 0.1) is 5.92 Å². The van der Waals surface area contributed by atoms with Crippen LogP contribution in [0.4, 0.5) is 0 Å². The van der Waals surface area contributed by atoms with E-state index in [9.17, 15) is 0 Å². The zero-order valence-electron chi connectivity index (χ0n) is 10.7. The van der Waals surface area contributed by atoms with E-state index in [0.717, 1.165) is 32.2 Å². The second-order valence-corrected chi connectivity index (χ2v) is 4.53. The predicted octanol–water partition coefficient (Wildman–Crippen LogP) is 1.51. The van der Waals surface area contributed by atoms with Crippen LogP contribution in [0.5, 0.6) is 0 Å². The Morgan fingerprint density at radius 1 is 1.50 bits per heavy atom. The van der Waals surface area contributed by atoms with Crippen molar-refractivity contribution in [3.8, 4) is 0 Å². The molecule has 1 rings (SSSR count). The summed E-state index contributed by atoms with van der Waals surface area (Å²) in [6.45, 7) is 8.63. The van der Waals surface area contributed by atoms with Gasteiger partial charge in [0.15, 0.2) is 0 Å². The van der Waals surface area contributed by atoms with E-state index in [-0.39, 0.29) is 0 Å². The van der Waals surface area contributed by atoms with Crippen LogP contribution in [-0.4, -0.2) is 51.3 Å². The number of allylic oxidation sites excluding steroid dienone is 1. The molecule has 0 saturated carbocycles. The molecule has 1 N–H and O–H groups in total. The van der Waals surface area contributed by atoms with Crippen LogP contribution in [0.15, 0.2) is 12.2 Å². The molecule has 1 heterocycles. The van der Waals surface area contributed by atoms with Crippen LogP contribution < -0.4 is 5.32 Å². The maximum atomic E-state index is 5.02. The first-order valence-electron chi connectivity index (χ1n) is 6.40. The molecule has 0 spiro atoms. The van der Waals surface area contributed by atoms with Gasteiger partial charge in [0.25, 0.3) is 0 Å². The fraction of sp³-hybridized carbons (Fsp3) is 0.846. The molecule has 3 nitrogen and oxygen atoms in total. The van der Waals surface area contributed by atoms with Gasteiger partial charge < -0.3 is 10.1 Å². The Bertz CT molecular complexity index is 194. The maximum absolute atomic E-state index is 5.02. The Hall–Kier alpha value is -0.380. The molecule has 0 amide bonds. The summed E-state index contributed by atoms with van der Waals surface area (Å²) < 4.78 is 5.02. The van der Waals surface area contributed by atoms with Gasteiger partial charge in [-0.05, 0) is 38.8 Å². The van der Waals surface area contributed by atoms with Gasteiger partial charge in [0.1, 0.15) is 0 Å². The van der Waals surface area contributed by atoms with Gasteiger partial charge in [-0.1, -0.05) is 12.2 Å². The van der Waals surface area contributed by atoms with Gasteiger partial charge in [-0.3, -0.25) is 4.90 Å². The van der Waals surface area contributed by atoms with Crippen molar-refractivity contribution in [2.45, 2.75) is 19.8 Å². The number of piperidine rings is 1. The number of ether oxygens (including phenoxy) is 1. The third-order valence-electron chi connectivity index (χ3n) is 3.12. The van der Waals surface area contributed by atoms with E-state index in [1.807, 2.05) is 0 Å². The molecule has 1 aliphatic heterocycles. The third-order valence-corrected chi connectivity index (χ3v) is 3.12. The van der Waals surface area contributed by atoms with Gasteiger partial charge in [0, 0.05) is 26.7 Å². The van der Waals surface area contributed by atoms with Crippen molar-refractivity contribution < 1.29 is 4.74 Å². The molecule has 0 aromatic rings. The molecular formula is C13H26N2O. The third kappa shape index (κ3) is 5.64. The zero-order valence-corrected chi connectivity index (χ0v) is 10.7. The van der Waals surface area contributed by atoms with E-state index < -0.39 is 0 Å². The van der Waals surface area contributed by atoms with Crippen LogP contribution >= 0.6 is 0 Å². The number of nitrogens with one attached hydrogen (secondary N) is 1. The van der Waals surface area contributed by atoms with Gasteiger partial charge in [0.2, 0.25) is 0 Å². The van der Waals surface area contributed by atoms with Crippen molar-refractivity contribution in [2.24, 2.45) is 5.92 Å². The summed E-state index contributed by atoms with van der Waals surface area (Å²) in [5, 5.41) is 3.46. The van der Waals surface area contributed by atoms with Crippen molar-refractivity contribution in [1.82, 2.24) is 10.2 Å². The minimum atomic E-state index is 0.814. The fourth-order valence-electron chi connectivity index (χ4n) is 2.22. The lowest BCUT2D eigenvalue weighted by molar-refractivity contribution is 0.175. The summed E-state index contributed by atoms with van der Waals surface area (Å²) >= 11 is 0. The van der Waals surface area contributed by atoms with Gasteiger partial charge in [0.05, 0.1) is 6.61 Å². The van der Waals surface area contributed by atoms with Gasteiger partial charge in [-0.15, -0.1) is 0 Å². The smallest absolute Gasteiger partial charge is 0.0587 e. The average Bonchev–Trinajstić information content (AvgIpc) is 2.33. The lowest BCUT2D eigenvalue weighted by Gasteiger charge is -2.32. The largest absolute Gasteiger partial charge is 0.383 e. The SMILES string of the molecule is CC=CCN1CCCC(CNCCOC)C1. The number of hydrogen-bond donors (Lipinski definition) is 1. The van der Waals surface area contributed by atoms with E-state index in [1.54, 1.807) is 7.11 Å². The molecule has 0 radical (unpaired) electrons. The number of nitrogens with zero attached hydrogens (tertiary/aromatic N) is 1. The van der Waals surface area contributed by atoms with Crippen LogP contribution in [0.2, 0.25) is 0 Å². The Kier molecular flexibility index (Phi) is 7.47. The first kappa shape index (κ1) is 13.7. The summed E-state index contributed by atoms with van der Waals surface area (Å²) in [6.07, 6.45) is 7.10. The van der Waals surface area contributed by atoms with E-state index in [2.05, 4.69) is 29.3 Å². The highest BCUT2D eigenvalue weighted by Gasteiger charge is 2.18. The highest BCUT2D eigenvalue weighted by molar-refractivity contribution is 4.84. The molecule has 16 heavy (non-hydrogen) atoms. The normalized spacial score (nSPS) is 23.0. The van der Waals surface area contributed by atoms with E-state index >= 15 is 0 Å². The average molecular weight is 226 g/mol. The quantitative estimate of drug-likeness (QED) is 0.526. The number of likely N-dealkylation sites (tertiary alicyclic amines) is 1. The Morgan fingerprint density at radius 3 is 3.12 bits per heavy atom. The summed E-state index contributed by atoms with van der Waals surface area (Å²) in [4.78, 5) is 2.55. The number of methoxy groups -OCH3 is 1. The van der Waals surface area contributed by atoms with E-state index in [4.69, 9.17) is 4.74 Å².